The van der Waals surface area contributed by atoms with Gasteiger partial charge in [-0.3, -0.25) is 28.8 Å². The van der Waals surface area contributed by atoms with E-state index >= 15 is 0 Å². The number of esters is 2. The summed E-state index contributed by atoms with van der Waals surface area (Å²) in [5.74, 6) is -5.57. The number of benzene rings is 4. The van der Waals surface area contributed by atoms with Crippen LogP contribution in [0.15, 0.2) is 84.9 Å². The molecule has 0 aromatic heterocycles. The molecular formula is C62H78O12. The van der Waals surface area contributed by atoms with Crippen LogP contribution in [0.25, 0.3) is 0 Å². The first-order chi connectivity index (χ1) is 35.9. The van der Waals surface area contributed by atoms with E-state index in [0.717, 1.165) is 116 Å². The third-order valence-electron chi connectivity index (χ3n) is 13.0. The molecule has 4 aromatic carbocycles. The minimum absolute atomic E-state index is 0.0746. The molecule has 0 aliphatic heterocycles. The lowest BCUT2D eigenvalue weighted by Gasteiger charge is -2.14. The Kier molecular flexibility index (Phi) is 27.6. The molecule has 0 saturated carbocycles. The van der Waals surface area contributed by atoms with Gasteiger partial charge in [0.25, 0.3) is 0 Å². The average molecular weight is 1020 g/mol. The third-order valence-corrected chi connectivity index (χ3v) is 13.0. The Morgan fingerprint density at radius 3 is 0.959 bits per heavy atom. The predicted molar refractivity (Wildman–Crippen MR) is 286 cm³/mol. The van der Waals surface area contributed by atoms with Crippen LogP contribution in [0.4, 0.5) is 0 Å². The quantitative estimate of drug-likeness (QED) is 0.0105. The molecule has 0 N–H and O–H groups in total. The summed E-state index contributed by atoms with van der Waals surface area (Å²) >= 11 is 0. The maximum Gasteiger partial charge on any atom is 0.387 e. The molecule has 0 bridgehead atoms. The molecule has 0 atom stereocenters. The molecular weight excluding hydrogens is 937 g/mol. The molecule has 12 nitrogen and oxygen atoms in total. The molecule has 12 heteroatoms. The first kappa shape index (κ1) is 60.0. The van der Waals surface area contributed by atoms with Crippen LogP contribution in [0.1, 0.15) is 268 Å². The molecule has 0 aliphatic rings. The summed E-state index contributed by atoms with van der Waals surface area (Å²) in [6.45, 7) is 8.48. The zero-order valence-electron chi connectivity index (χ0n) is 44.4. The first-order valence-electron chi connectivity index (χ1n) is 27.4. The van der Waals surface area contributed by atoms with Gasteiger partial charge in [0.05, 0.1) is 22.3 Å². The summed E-state index contributed by atoms with van der Waals surface area (Å²) in [5.41, 5.74) is -0.712. The maximum absolute atomic E-state index is 14.5. The van der Waals surface area contributed by atoms with Crippen molar-refractivity contribution in [3.8, 4) is 11.5 Å². The van der Waals surface area contributed by atoms with E-state index in [-0.39, 0.29) is 93.3 Å². The molecule has 74 heavy (non-hydrogen) atoms. The van der Waals surface area contributed by atoms with Gasteiger partial charge >= 0.3 is 23.9 Å². The van der Waals surface area contributed by atoms with E-state index < -0.39 is 35.4 Å². The number of ketones is 4. The van der Waals surface area contributed by atoms with Crippen molar-refractivity contribution < 1.29 is 57.6 Å². The number of hydrogen-bond acceptors (Lipinski definition) is 12. The normalized spacial score (nSPS) is 10.9. The standard InChI is InChI=1S/C62H78O12/c1-5-9-13-17-21-25-37-57(65)71-55-41-39-45(53(63)35-23-19-15-11-7-3)43-51(55)59(67)47-31-27-29-33-49(47)61(69)73-74-62(70)50-34-30-28-32-48(50)60(68)52-44-46(54(64)36-24-20-16-12-8-4)40-42-56(52)72-58(66)38-26-22-18-14-10-6-2/h27-34,39-44H,5-26,35-38H2,1-4H3. The predicted octanol–water partition coefficient (Wildman–Crippen LogP) is 15.5. The van der Waals surface area contributed by atoms with E-state index in [1.165, 1.54) is 84.9 Å². The highest BCUT2D eigenvalue weighted by Crippen LogP contribution is 2.30. The second kappa shape index (κ2) is 34.0. The lowest BCUT2D eigenvalue weighted by atomic mass is 9.94. The lowest BCUT2D eigenvalue weighted by molar-refractivity contribution is -0.187. The van der Waals surface area contributed by atoms with E-state index in [0.29, 0.717) is 25.7 Å². The van der Waals surface area contributed by atoms with E-state index in [2.05, 4.69) is 27.7 Å². The summed E-state index contributed by atoms with van der Waals surface area (Å²) in [6, 6.07) is 20.0. The molecule has 0 heterocycles. The molecule has 4 aromatic rings. The van der Waals surface area contributed by atoms with Gasteiger partial charge in [-0.2, -0.15) is 0 Å². The fraction of sp³-hybridized carbons (Fsp3) is 0.484. The van der Waals surface area contributed by atoms with E-state index in [1.807, 2.05) is 0 Å². The third kappa shape index (κ3) is 20.0. The molecule has 0 unspecified atom stereocenters. The van der Waals surface area contributed by atoms with Crippen LogP contribution >= 0.6 is 0 Å². The van der Waals surface area contributed by atoms with Crippen molar-refractivity contribution in [2.24, 2.45) is 0 Å². The van der Waals surface area contributed by atoms with Crippen LogP contribution in [0.2, 0.25) is 0 Å². The molecule has 0 fully saturated rings. The largest absolute Gasteiger partial charge is 0.426 e. The molecule has 0 spiro atoms. The number of unbranched alkanes of at least 4 members (excludes halogenated alkanes) is 18. The Morgan fingerprint density at radius 2 is 0.622 bits per heavy atom. The van der Waals surface area contributed by atoms with Crippen LogP contribution in [-0.2, 0) is 19.4 Å². The summed E-state index contributed by atoms with van der Waals surface area (Å²) in [4.78, 5) is 120. The summed E-state index contributed by atoms with van der Waals surface area (Å²) in [6.07, 6.45) is 21.6. The number of ether oxygens (including phenoxy) is 2. The summed E-state index contributed by atoms with van der Waals surface area (Å²) in [7, 11) is 0. The number of carbonyl (C=O) groups is 8. The van der Waals surface area contributed by atoms with Gasteiger partial charge in [-0.15, -0.1) is 0 Å². The first-order valence-corrected chi connectivity index (χ1v) is 27.4. The van der Waals surface area contributed by atoms with Crippen LogP contribution in [0, 0.1) is 0 Å². The van der Waals surface area contributed by atoms with Gasteiger partial charge in [0, 0.05) is 47.9 Å². The minimum Gasteiger partial charge on any atom is -0.426 e. The van der Waals surface area contributed by atoms with Gasteiger partial charge in [0.15, 0.2) is 23.1 Å². The zero-order chi connectivity index (χ0) is 53.5. The second-order valence-corrected chi connectivity index (χ2v) is 19.1. The fourth-order valence-electron chi connectivity index (χ4n) is 8.63. The van der Waals surface area contributed by atoms with Gasteiger partial charge in [0.1, 0.15) is 11.5 Å². The van der Waals surface area contributed by atoms with Crippen molar-refractivity contribution in [2.75, 3.05) is 0 Å². The summed E-state index contributed by atoms with van der Waals surface area (Å²) in [5, 5.41) is 0. The number of Topliss-reactive ketones (excluding diaryl/α,β-unsaturated/α-hetero) is 2. The van der Waals surface area contributed by atoms with Crippen LogP contribution in [-0.4, -0.2) is 47.0 Å². The van der Waals surface area contributed by atoms with Crippen molar-refractivity contribution in [1.29, 1.82) is 0 Å². The zero-order valence-corrected chi connectivity index (χ0v) is 44.4. The van der Waals surface area contributed by atoms with Gasteiger partial charge in [-0.25, -0.2) is 19.4 Å². The van der Waals surface area contributed by atoms with E-state index in [1.54, 1.807) is 0 Å². The molecule has 0 amide bonds. The van der Waals surface area contributed by atoms with Crippen LogP contribution in [0.5, 0.6) is 11.5 Å². The number of hydrogen-bond donors (Lipinski definition) is 0. The smallest absolute Gasteiger partial charge is 0.387 e. The Balaban J connectivity index is 1.58. The monoisotopic (exact) mass is 1010 g/mol. The fourth-order valence-corrected chi connectivity index (χ4v) is 8.63. The van der Waals surface area contributed by atoms with Crippen LogP contribution < -0.4 is 9.47 Å². The van der Waals surface area contributed by atoms with Gasteiger partial charge in [-0.1, -0.05) is 180 Å². The van der Waals surface area contributed by atoms with E-state index in [4.69, 9.17) is 19.2 Å². The van der Waals surface area contributed by atoms with Crippen molar-refractivity contribution >= 4 is 47.0 Å². The molecule has 0 radical (unpaired) electrons. The average Bonchev–Trinajstić information content (AvgIpc) is 3.41. The maximum atomic E-state index is 14.5. The van der Waals surface area contributed by atoms with Crippen molar-refractivity contribution in [1.82, 2.24) is 0 Å². The molecule has 398 valence electrons. The van der Waals surface area contributed by atoms with Crippen molar-refractivity contribution in [2.45, 2.75) is 195 Å². The lowest BCUT2D eigenvalue weighted by Crippen LogP contribution is -2.19. The second-order valence-electron chi connectivity index (χ2n) is 19.1. The molecule has 0 aliphatic carbocycles. The van der Waals surface area contributed by atoms with E-state index in [9.17, 15) is 38.4 Å². The number of rotatable bonds is 36. The Labute approximate surface area is 438 Å². The number of carbonyl (C=O) groups excluding carboxylic acids is 8. The Hall–Kier alpha value is -6.56. The minimum atomic E-state index is -1.23. The molecule has 4 rings (SSSR count). The van der Waals surface area contributed by atoms with Gasteiger partial charge < -0.3 is 9.47 Å². The van der Waals surface area contributed by atoms with Gasteiger partial charge in [-0.05, 0) is 74.2 Å². The topological polar surface area (TPSA) is 173 Å². The van der Waals surface area contributed by atoms with Crippen LogP contribution in [0.3, 0.4) is 0 Å². The highest BCUT2D eigenvalue weighted by molar-refractivity contribution is 6.18. The van der Waals surface area contributed by atoms with Crippen molar-refractivity contribution in [3.63, 3.8) is 0 Å². The highest BCUT2D eigenvalue weighted by atomic mass is 17.2. The SMILES string of the molecule is CCCCCCCCC(=O)Oc1ccc(C(=O)CCCCCCC)cc1C(=O)c1ccccc1C(=O)OOC(=O)c1ccccc1C(=O)c1cc(C(=O)CCCCCCC)ccc1OC(=O)CCCCCCCC. The van der Waals surface area contributed by atoms with Gasteiger partial charge in [0.2, 0.25) is 0 Å². The highest BCUT2D eigenvalue weighted by Gasteiger charge is 2.28. The summed E-state index contributed by atoms with van der Waals surface area (Å²) < 4.78 is 11.5. The Morgan fingerprint density at radius 1 is 0.324 bits per heavy atom. The van der Waals surface area contributed by atoms with Crippen molar-refractivity contribution in [3.05, 3.63) is 129 Å². The Bertz CT molecular complexity index is 2310. The molecule has 0 saturated heterocycles.